The molecule has 2 bridgehead atoms. The summed E-state index contributed by atoms with van der Waals surface area (Å²) >= 11 is 2.84. The van der Waals surface area contributed by atoms with E-state index >= 15 is 0 Å². The average Bonchev–Trinajstić information content (AvgIpc) is 3.70. The van der Waals surface area contributed by atoms with Crippen molar-refractivity contribution in [2.24, 2.45) is 23.7 Å². The van der Waals surface area contributed by atoms with Crippen LogP contribution in [0.4, 0.5) is 5.69 Å². The number of ether oxygens (including phenoxy) is 2. The molecule has 0 unspecified atom stereocenters. The Morgan fingerprint density at radius 3 is 2.50 bits per heavy atom. The van der Waals surface area contributed by atoms with Crippen LogP contribution >= 0.6 is 23.1 Å². The van der Waals surface area contributed by atoms with Gasteiger partial charge in [-0.2, -0.15) is 0 Å². The number of benzene rings is 2. The van der Waals surface area contributed by atoms with Gasteiger partial charge in [0.05, 0.1) is 47.7 Å². The van der Waals surface area contributed by atoms with Crippen molar-refractivity contribution < 1.29 is 23.9 Å². The maximum absolute atomic E-state index is 13.1. The van der Waals surface area contributed by atoms with Crippen LogP contribution in [0.2, 0.25) is 0 Å². The van der Waals surface area contributed by atoms with Crippen molar-refractivity contribution in [2.75, 3.05) is 31.4 Å². The second-order valence-electron chi connectivity index (χ2n) is 9.72. The topological polar surface area (TPSA) is 97.8 Å². The van der Waals surface area contributed by atoms with Crippen LogP contribution in [-0.2, 0) is 20.8 Å². The number of fused-ring (bicyclic) bond motifs is 6. The van der Waals surface area contributed by atoms with Crippen LogP contribution < -0.4 is 19.7 Å². The van der Waals surface area contributed by atoms with Gasteiger partial charge in [-0.25, -0.2) is 9.88 Å². The van der Waals surface area contributed by atoms with Gasteiger partial charge in [-0.3, -0.25) is 14.4 Å². The number of nitrogens with one attached hydrogen (secondary N) is 1. The Labute approximate surface area is 228 Å². The molecule has 1 saturated carbocycles. The Balaban J connectivity index is 1.05. The van der Waals surface area contributed by atoms with Gasteiger partial charge in [0.2, 0.25) is 17.7 Å². The average molecular weight is 550 g/mol. The van der Waals surface area contributed by atoms with Crippen LogP contribution in [0.1, 0.15) is 12.0 Å². The van der Waals surface area contributed by atoms with Gasteiger partial charge in [-0.15, -0.1) is 11.3 Å². The third-order valence-corrected chi connectivity index (χ3v) is 9.75. The first kappa shape index (κ1) is 24.9. The quantitative estimate of drug-likeness (QED) is 0.244. The first-order valence-electron chi connectivity index (χ1n) is 12.5. The molecule has 2 heterocycles. The molecule has 3 amide bonds. The molecule has 1 aliphatic heterocycles. The molecule has 1 aromatic heterocycles. The fourth-order valence-electron chi connectivity index (χ4n) is 5.81. The summed E-state index contributed by atoms with van der Waals surface area (Å²) in [7, 11) is 3.19. The molecule has 3 aliphatic rings. The number of amides is 3. The third-order valence-electron chi connectivity index (χ3n) is 7.59. The van der Waals surface area contributed by atoms with Crippen molar-refractivity contribution in [2.45, 2.75) is 17.2 Å². The molecule has 196 valence electrons. The van der Waals surface area contributed by atoms with E-state index in [4.69, 9.17) is 9.47 Å². The first-order chi connectivity index (χ1) is 18.5. The molecular formula is C28H27N3O5S2. The van der Waals surface area contributed by atoms with Crippen molar-refractivity contribution >= 4 is 56.7 Å². The summed E-state index contributed by atoms with van der Waals surface area (Å²) in [6.45, 7) is 0.509. The van der Waals surface area contributed by atoms with E-state index < -0.39 is 0 Å². The number of hydrogen-bond acceptors (Lipinski definition) is 8. The Kier molecular flexibility index (Phi) is 6.61. The Hall–Kier alpha value is -3.37. The predicted octanol–water partition coefficient (Wildman–Crippen LogP) is 4.08. The monoisotopic (exact) mass is 549 g/mol. The van der Waals surface area contributed by atoms with Gasteiger partial charge in [0.15, 0.2) is 15.8 Å². The van der Waals surface area contributed by atoms with Crippen LogP contribution in [-0.4, -0.2) is 49.2 Å². The lowest BCUT2D eigenvalue weighted by atomic mass is 9.85. The zero-order chi connectivity index (χ0) is 26.4. The van der Waals surface area contributed by atoms with Crippen molar-refractivity contribution in [1.29, 1.82) is 0 Å². The zero-order valence-corrected chi connectivity index (χ0v) is 22.6. The summed E-state index contributed by atoms with van der Waals surface area (Å²) in [6, 6.07) is 11.2. The van der Waals surface area contributed by atoms with E-state index in [-0.39, 0.29) is 47.1 Å². The van der Waals surface area contributed by atoms with E-state index in [9.17, 15) is 14.4 Å². The summed E-state index contributed by atoms with van der Waals surface area (Å²) in [5.74, 6) is 1.29. The highest BCUT2D eigenvalue weighted by atomic mass is 32.2. The summed E-state index contributed by atoms with van der Waals surface area (Å²) in [6.07, 6.45) is 5.79. The van der Waals surface area contributed by atoms with Gasteiger partial charge >= 0.3 is 0 Å². The second-order valence-corrected chi connectivity index (χ2v) is 12.0. The van der Waals surface area contributed by atoms with Gasteiger partial charge in [-0.05, 0) is 60.6 Å². The van der Waals surface area contributed by atoms with Crippen LogP contribution in [0.15, 0.2) is 52.9 Å². The van der Waals surface area contributed by atoms with Gasteiger partial charge in [0.1, 0.15) is 0 Å². The molecule has 3 aromatic rings. The lowest BCUT2D eigenvalue weighted by molar-refractivity contribution is -0.123. The number of nitrogens with zero attached hydrogens (tertiary/aromatic N) is 2. The maximum atomic E-state index is 13.1. The van der Waals surface area contributed by atoms with E-state index in [1.807, 2.05) is 30.3 Å². The largest absolute Gasteiger partial charge is 0.493 e. The molecule has 0 radical (unpaired) electrons. The normalized spacial score (nSPS) is 23.4. The molecule has 38 heavy (non-hydrogen) atoms. The summed E-state index contributed by atoms with van der Waals surface area (Å²) in [5.41, 5.74) is 2.44. The first-order valence-corrected chi connectivity index (χ1v) is 14.3. The maximum Gasteiger partial charge on any atom is 0.238 e. The van der Waals surface area contributed by atoms with E-state index in [0.29, 0.717) is 30.2 Å². The lowest BCUT2D eigenvalue weighted by Crippen LogP contribution is -2.32. The minimum Gasteiger partial charge on any atom is -0.493 e. The number of aromatic nitrogens is 1. The molecule has 1 N–H and O–H groups in total. The smallest absolute Gasteiger partial charge is 0.238 e. The minimum atomic E-state index is -0.217. The third kappa shape index (κ3) is 4.35. The van der Waals surface area contributed by atoms with Gasteiger partial charge in [-0.1, -0.05) is 30.0 Å². The van der Waals surface area contributed by atoms with Crippen LogP contribution in [0.3, 0.4) is 0 Å². The molecule has 1 saturated heterocycles. The Morgan fingerprint density at radius 1 is 1.05 bits per heavy atom. The van der Waals surface area contributed by atoms with Crippen LogP contribution in [0, 0.1) is 23.7 Å². The molecular weight excluding hydrogens is 522 g/mol. The standard InChI is InChI=1S/C28H27N3O5S2/c1-35-20-8-3-15(11-21(20)36-2)9-10-29-23(32)14-37-28-30-19-7-6-18(13-22(19)38-28)31-26(33)24-16-4-5-17(12-16)25(24)27(31)34/h3-8,11,13,16-17,24-25H,9-10,12,14H2,1-2H3,(H,29,32)/t16-,17-,24-,25-/m0/s1. The molecule has 8 nitrogen and oxygen atoms in total. The molecule has 2 aromatic carbocycles. The Morgan fingerprint density at radius 2 is 1.79 bits per heavy atom. The lowest BCUT2D eigenvalue weighted by Gasteiger charge is -2.17. The Bertz CT molecular complexity index is 1440. The number of rotatable bonds is 9. The van der Waals surface area contributed by atoms with Crippen molar-refractivity contribution in [3.8, 4) is 11.5 Å². The highest BCUT2D eigenvalue weighted by molar-refractivity contribution is 8.01. The number of allylic oxidation sites excluding steroid dienone is 2. The number of carbonyl (C=O) groups is 3. The fraction of sp³-hybridized carbons (Fsp3) is 0.357. The summed E-state index contributed by atoms with van der Waals surface area (Å²) in [4.78, 5) is 44.7. The van der Waals surface area contributed by atoms with Crippen LogP contribution in [0.25, 0.3) is 10.2 Å². The predicted molar refractivity (Wildman–Crippen MR) is 147 cm³/mol. The van der Waals surface area contributed by atoms with Crippen LogP contribution in [0.5, 0.6) is 11.5 Å². The van der Waals surface area contributed by atoms with E-state index in [2.05, 4.69) is 22.5 Å². The molecule has 10 heteroatoms. The summed E-state index contributed by atoms with van der Waals surface area (Å²) < 4.78 is 12.2. The molecule has 6 rings (SSSR count). The van der Waals surface area contributed by atoms with E-state index in [0.717, 1.165) is 26.5 Å². The van der Waals surface area contributed by atoms with Gasteiger partial charge in [0.25, 0.3) is 0 Å². The van der Waals surface area contributed by atoms with Crippen molar-refractivity contribution in [1.82, 2.24) is 10.3 Å². The van der Waals surface area contributed by atoms with Crippen molar-refractivity contribution in [3.63, 3.8) is 0 Å². The molecule has 0 spiro atoms. The molecule has 2 fully saturated rings. The van der Waals surface area contributed by atoms with Gasteiger partial charge < -0.3 is 14.8 Å². The highest BCUT2D eigenvalue weighted by Crippen LogP contribution is 2.53. The number of anilines is 1. The fourth-order valence-corrected chi connectivity index (χ4v) is 7.74. The number of methoxy groups -OCH3 is 2. The zero-order valence-electron chi connectivity index (χ0n) is 21.0. The minimum absolute atomic E-state index is 0.0709. The van der Waals surface area contributed by atoms with Crippen molar-refractivity contribution in [3.05, 3.63) is 54.1 Å². The second kappa shape index (κ2) is 10.1. The summed E-state index contributed by atoms with van der Waals surface area (Å²) in [5, 5.41) is 2.95. The highest BCUT2D eigenvalue weighted by Gasteiger charge is 2.59. The molecule has 4 atom stereocenters. The van der Waals surface area contributed by atoms with Gasteiger partial charge in [0, 0.05) is 6.54 Å². The number of hydrogen-bond donors (Lipinski definition) is 1. The van der Waals surface area contributed by atoms with E-state index in [1.54, 1.807) is 20.3 Å². The number of carbonyl (C=O) groups excluding carboxylic acids is 3. The number of imide groups is 1. The number of thioether (sulfide) groups is 1. The number of thiazole rings is 1. The SMILES string of the molecule is COc1ccc(CCNC(=O)CSc2nc3ccc(N4C(=O)[C@@H]5[C@@H](C4=O)[C@H]4C=C[C@H]5C4)cc3s2)cc1OC. The molecule has 2 aliphatic carbocycles. The van der Waals surface area contributed by atoms with E-state index in [1.165, 1.54) is 28.0 Å².